The maximum atomic E-state index is 13.1. The van der Waals surface area contributed by atoms with Crippen LogP contribution in [0.2, 0.25) is 0 Å². The first-order valence-corrected chi connectivity index (χ1v) is 11.9. The predicted molar refractivity (Wildman–Crippen MR) is 117 cm³/mol. The Balaban J connectivity index is 1.64. The van der Waals surface area contributed by atoms with E-state index >= 15 is 0 Å². The van der Waals surface area contributed by atoms with E-state index in [-0.39, 0.29) is 18.0 Å². The molecule has 3 heterocycles. The summed E-state index contributed by atoms with van der Waals surface area (Å²) in [5.41, 5.74) is 0.0279. The lowest BCUT2D eigenvalue weighted by atomic mass is 10.2. The highest BCUT2D eigenvalue weighted by atomic mass is 32.2. The Morgan fingerprint density at radius 1 is 1.03 bits per heavy atom. The Kier molecular flexibility index (Phi) is 6.44. The molecular weight excluding hydrogens is 438 g/mol. The number of hydrogen-bond donors (Lipinski definition) is 2. The van der Waals surface area contributed by atoms with Crippen molar-refractivity contribution in [2.75, 3.05) is 49.6 Å². The van der Waals surface area contributed by atoms with Crippen LogP contribution in [-0.2, 0) is 26.1 Å². The monoisotopic (exact) mass is 463 g/mol. The van der Waals surface area contributed by atoms with Crippen LogP contribution < -0.4 is 21.3 Å². The zero-order chi connectivity index (χ0) is 22.7. The number of benzene rings is 1. The number of amides is 1. The number of sulfonamides is 1. The summed E-state index contributed by atoms with van der Waals surface area (Å²) in [4.78, 5) is 38.2. The van der Waals surface area contributed by atoms with Gasteiger partial charge in [-0.2, -0.15) is 4.31 Å². The Labute approximate surface area is 184 Å². The van der Waals surface area contributed by atoms with Crippen molar-refractivity contribution < 1.29 is 17.9 Å². The van der Waals surface area contributed by atoms with Gasteiger partial charge in [0.15, 0.2) is 0 Å². The standard InChI is InChI=1S/C20H25N5O6S/c26-18-5-6-20(28)25(22-18)14-19(27)21-16-13-15(3-4-17(16)23-7-1-2-8-23)32(29,30)24-9-11-31-12-10-24/h3-6,13H,1-2,7-12,14H2,(H,21,27)(H,22,26). The van der Waals surface area contributed by atoms with Crippen LogP contribution in [0.1, 0.15) is 12.8 Å². The fraction of sp³-hybridized carbons (Fsp3) is 0.450. The maximum Gasteiger partial charge on any atom is 0.265 e. The molecule has 172 valence electrons. The summed E-state index contributed by atoms with van der Waals surface area (Å²) >= 11 is 0. The Bertz CT molecular complexity index is 1210. The lowest BCUT2D eigenvalue weighted by Crippen LogP contribution is -2.40. The number of hydrogen-bond acceptors (Lipinski definition) is 7. The van der Waals surface area contributed by atoms with Crippen LogP contribution in [0, 0.1) is 0 Å². The van der Waals surface area contributed by atoms with Gasteiger partial charge in [-0.15, -0.1) is 0 Å². The van der Waals surface area contributed by atoms with E-state index in [0.717, 1.165) is 42.7 Å². The summed E-state index contributed by atoms with van der Waals surface area (Å²) in [6.07, 6.45) is 2.00. The molecule has 0 radical (unpaired) electrons. The van der Waals surface area contributed by atoms with Gasteiger partial charge in [-0.05, 0) is 31.0 Å². The minimum Gasteiger partial charge on any atom is -0.379 e. The number of nitrogens with zero attached hydrogens (tertiary/aromatic N) is 3. The molecule has 2 fully saturated rings. The lowest BCUT2D eigenvalue weighted by molar-refractivity contribution is -0.117. The summed E-state index contributed by atoms with van der Waals surface area (Å²) in [6, 6.07) is 6.87. The number of rotatable bonds is 6. The molecule has 0 atom stereocenters. The first kappa shape index (κ1) is 22.2. The maximum absolute atomic E-state index is 13.1. The van der Waals surface area contributed by atoms with Crippen LogP contribution in [0.3, 0.4) is 0 Å². The molecule has 1 amide bonds. The number of nitrogens with one attached hydrogen (secondary N) is 2. The minimum absolute atomic E-state index is 0.0722. The molecule has 2 saturated heterocycles. The van der Waals surface area contributed by atoms with E-state index in [1.807, 2.05) is 0 Å². The van der Waals surface area contributed by atoms with Gasteiger partial charge in [-0.3, -0.25) is 19.5 Å². The van der Waals surface area contributed by atoms with Crippen molar-refractivity contribution >= 4 is 27.3 Å². The quantitative estimate of drug-likeness (QED) is 0.606. The summed E-state index contributed by atoms with van der Waals surface area (Å²) in [7, 11) is -3.75. The normalized spacial score (nSPS) is 17.4. The highest BCUT2D eigenvalue weighted by molar-refractivity contribution is 7.89. The van der Waals surface area contributed by atoms with Crippen molar-refractivity contribution in [3.8, 4) is 0 Å². The first-order chi connectivity index (χ1) is 15.3. The molecule has 11 nitrogen and oxygen atoms in total. The predicted octanol–water partition coefficient (Wildman–Crippen LogP) is -0.204. The molecule has 2 aliphatic heterocycles. The third-order valence-corrected chi connectivity index (χ3v) is 7.38. The van der Waals surface area contributed by atoms with Crippen LogP contribution >= 0.6 is 0 Å². The molecule has 2 N–H and O–H groups in total. The number of carbonyl (C=O) groups is 1. The van der Waals surface area contributed by atoms with Crippen molar-refractivity contribution in [2.24, 2.45) is 0 Å². The second-order valence-electron chi connectivity index (χ2n) is 7.67. The molecule has 2 aromatic rings. The van der Waals surface area contributed by atoms with Crippen LogP contribution in [0.25, 0.3) is 0 Å². The van der Waals surface area contributed by atoms with E-state index in [9.17, 15) is 22.8 Å². The van der Waals surface area contributed by atoms with Crippen molar-refractivity contribution in [3.05, 3.63) is 51.0 Å². The average molecular weight is 464 g/mol. The number of carbonyl (C=O) groups excluding carboxylic acids is 1. The topological polar surface area (TPSA) is 134 Å². The van der Waals surface area contributed by atoms with E-state index < -0.39 is 33.6 Å². The Morgan fingerprint density at radius 2 is 1.75 bits per heavy atom. The van der Waals surface area contributed by atoms with Gasteiger partial charge in [-0.25, -0.2) is 13.1 Å². The van der Waals surface area contributed by atoms with Gasteiger partial charge in [0.25, 0.3) is 11.1 Å². The zero-order valence-electron chi connectivity index (χ0n) is 17.5. The summed E-state index contributed by atoms with van der Waals surface area (Å²) in [6.45, 7) is 2.38. The summed E-state index contributed by atoms with van der Waals surface area (Å²) in [5.74, 6) is -0.560. The number of aromatic amines is 1. The van der Waals surface area contributed by atoms with Crippen molar-refractivity contribution in [2.45, 2.75) is 24.3 Å². The molecule has 0 aliphatic carbocycles. The average Bonchev–Trinajstić information content (AvgIpc) is 3.31. The molecule has 2 aliphatic rings. The summed E-state index contributed by atoms with van der Waals surface area (Å²) in [5, 5.41) is 5.03. The smallest absolute Gasteiger partial charge is 0.265 e. The van der Waals surface area contributed by atoms with E-state index in [4.69, 9.17) is 4.74 Å². The first-order valence-electron chi connectivity index (χ1n) is 10.4. The van der Waals surface area contributed by atoms with Gasteiger partial charge in [0.2, 0.25) is 15.9 Å². The van der Waals surface area contributed by atoms with Crippen LogP contribution in [0.5, 0.6) is 0 Å². The second kappa shape index (κ2) is 9.27. The molecule has 1 aromatic heterocycles. The third kappa shape index (κ3) is 4.76. The van der Waals surface area contributed by atoms with Gasteiger partial charge < -0.3 is 15.0 Å². The number of aromatic nitrogens is 2. The molecule has 0 saturated carbocycles. The highest BCUT2D eigenvalue weighted by Gasteiger charge is 2.28. The summed E-state index contributed by atoms with van der Waals surface area (Å²) < 4.78 is 33.7. The largest absolute Gasteiger partial charge is 0.379 e. The molecule has 32 heavy (non-hydrogen) atoms. The Morgan fingerprint density at radius 3 is 2.47 bits per heavy atom. The number of H-pyrrole nitrogens is 1. The van der Waals surface area contributed by atoms with Gasteiger partial charge in [-0.1, -0.05) is 0 Å². The SMILES string of the molecule is O=C(Cn1[nH]c(=O)ccc1=O)Nc1cc(S(=O)(=O)N2CCOCC2)ccc1N1CCCC1. The van der Waals surface area contributed by atoms with Crippen molar-refractivity contribution in [3.63, 3.8) is 0 Å². The fourth-order valence-corrected chi connectivity index (χ4v) is 5.29. The minimum atomic E-state index is -3.75. The number of morpholine rings is 1. The van der Waals surface area contributed by atoms with E-state index in [1.54, 1.807) is 12.1 Å². The number of ether oxygens (including phenoxy) is 1. The van der Waals surface area contributed by atoms with E-state index in [0.29, 0.717) is 24.6 Å². The lowest BCUT2D eigenvalue weighted by Gasteiger charge is -2.27. The van der Waals surface area contributed by atoms with E-state index in [2.05, 4.69) is 15.3 Å². The molecule has 0 bridgehead atoms. The molecule has 1 aromatic carbocycles. The van der Waals surface area contributed by atoms with Crippen molar-refractivity contribution in [1.29, 1.82) is 0 Å². The van der Waals surface area contributed by atoms with Crippen molar-refractivity contribution in [1.82, 2.24) is 14.1 Å². The second-order valence-corrected chi connectivity index (χ2v) is 9.61. The molecule has 0 unspecified atom stereocenters. The van der Waals surface area contributed by atoms with E-state index in [1.165, 1.54) is 10.4 Å². The van der Waals surface area contributed by atoms with Gasteiger partial charge in [0.1, 0.15) is 6.54 Å². The molecule has 12 heteroatoms. The van der Waals surface area contributed by atoms with Crippen LogP contribution in [0.4, 0.5) is 11.4 Å². The molecule has 4 rings (SSSR count). The molecule has 0 spiro atoms. The van der Waals surface area contributed by atoms with Gasteiger partial charge in [0.05, 0.1) is 29.5 Å². The Hall–Kier alpha value is -2.96. The molecular formula is C20H25N5O6S. The van der Waals surface area contributed by atoms with Crippen LogP contribution in [-0.4, -0.2) is 67.8 Å². The fourth-order valence-electron chi connectivity index (χ4n) is 3.86. The van der Waals surface area contributed by atoms with Gasteiger partial charge >= 0.3 is 0 Å². The zero-order valence-corrected chi connectivity index (χ0v) is 18.3. The highest BCUT2D eigenvalue weighted by Crippen LogP contribution is 2.32. The number of anilines is 2. The van der Waals surface area contributed by atoms with Gasteiger partial charge in [0, 0.05) is 38.3 Å². The van der Waals surface area contributed by atoms with Crippen LogP contribution in [0.15, 0.2) is 44.8 Å². The third-order valence-electron chi connectivity index (χ3n) is 5.49.